The van der Waals surface area contributed by atoms with Gasteiger partial charge in [0.1, 0.15) is 5.60 Å². The van der Waals surface area contributed by atoms with Gasteiger partial charge in [-0.2, -0.15) is 0 Å². The summed E-state index contributed by atoms with van der Waals surface area (Å²) in [5.41, 5.74) is 0.574. The van der Waals surface area contributed by atoms with Crippen LogP contribution in [0.4, 0.5) is 4.79 Å². The highest BCUT2D eigenvalue weighted by atomic mass is 32.2. The fourth-order valence-electron chi connectivity index (χ4n) is 1.52. The highest BCUT2D eigenvalue weighted by Crippen LogP contribution is 2.28. The van der Waals surface area contributed by atoms with Gasteiger partial charge in [0.15, 0.2) is 4.34 Å². The Morgan fingerprint density at radius 2 is 2.15 bits per heavy atom. The van der Waals surface area contributed by atoms with E-state index in [0.29, 0.717) is 6.54 Å². The number of hydrogen-bond donors (Lipinski definition) is 1. The first-order valence-electron chi connectivity index (χ1n) is 6.39. The number of rotatable bonds is 4. The van der Waals surface area contributed by atoms with E-state index in [2.05, 4.69) is 16.4 Å². The zero-order valence-corrected chi connectivity index (χ0v) is 13.4. The molecule has 0 radical (unpaired) electrons. The fourth-order valence-corrected chi connectivity index (χ4v) is 3.51. The second-order valence-electron chi connectivity index (χ2n) is 5.22. The van der Waals surface area contributed by atoms with E-state index in [1.54, 1.807) is 23.1 Å². The van der Waals surface area contributed by atoms with Crippen LogP contribution in [0.25, 0.3) is 10.2 Å². The number of ether oxygens (including phenoxy) is 1. The molecule has 0 aliphatic rings. The minimum absolute atomic E-state index is 0.373. The summed E-state index contributed by atoms with van der Waals surface area (Å²) in [4.78, 5) is 16.0. The van der Waals surface area contributed by atoms with Gasteiger partial charge >= 0.3 is 6.09 Å². The molecular weight excluding hydrogens is 292 g/mol. The van der Waals surface area contributed by atoms with E-state index in [0.717, 1.165) is 15.6 Å². The summed E-state index contributed by atoms with van der Waals surface area (Å²) in [7, 11) is 0. The maximum atomic E-state index is 11.5. The number of hydrogen-bond acceptors (Lipinski definition) is 5. The maximum Gasteiger partial charge on any atom is 0.407 e. The molecule has 1 aromatic heterocycles. The molecule has 0 saturated carbocycles. The standard InChI is InChI=1S/C14H18N2O2S2/c1-14(2,3)18-12(17)15-8-9-19-13-16-10-6-4-5-7-11(10)20-13/h4-7H,8-9H2,1-3H3,(H,15,17). The lowest BCUT2D eigenvalue weighted by Crippen LogP contribution is -2.33. The van der Waals surface area contributed by atoms with Crippen molar-refractivity contribution in [3.05, 3.63) is 24.3 Å². The summed E-state index contributed by atoms with van der Waals surface area (Å²) < 4.78 is 7.38. The Bertz CT molecular complexity index is 557. The normalized spacial score (nSPS) is 11.6. The summed E-state index contributed by atoms with van der Waals surface area (Å²) >= 11 is 3.32. The highest BCUT2D eigenvalue weighted by Gasteiger charge is 2.15. The number of amides is 1. The molecule has 2 rings (SSSR count). The monoisotopic (exact) mass is 310 g/mol. The van der Waals surface area contributed by atoms with Gasteiger partial charge in [-0.25, -0.2) is 9.78 Å². The third-order valence-electron chi connectivity index (χ3n) is 2.27. The van der Waals surface area contributed by atoms with E-state index in [4.69, 9.17) is 4.74 Å². The number of fused-ring (bicyclic) bond motifs is 1. The molecule has 0 fully saturated rings. The average molecular weight is 310 g/mol. The van der Waals surface area contributed by atoms with Crippen LogP contribution in [0.15, 0.2) is 28.6 Å². The number of alkyl carbamates (subject to hydrolysis) is 1. The van der Waals surface area contributed by atoms with Crippen molar-refractivity contribution in [2.24, 2.45) is 0 Å². The number of benzene rings is 1. The lowest BCUT2D eigenvalue weighted by Gasteiger charge is -2.19. The van der Waals surface area contributed by atoms with E-state index in [1.807, 2.05) is 39.0 Å². The Morgan fingerprint density at radius 1 is 1.40 bits per heavy atom. The maximum absolute atomic E-state index is 11.5. The zero-order chi connectivity index (χ0) is 14.6. The summed E-state index contributed by atoms with van der Waals surface area (Å²) in [6, 6.07) is 8.07. The van der Waals surface area contributed by atoms with Gasteiger partial charge in [-0.15, -0.1) is 11.3 Å². The van der Waals surface area contributed by atoms with Gasteiger partial charge in [-0.1, -0.05) is 23.9 Å². The predicted octanol–water partition coefficient (Wildman–Crippen LogP) is 3.91. The Kier molecular flexibility index (Phi) is 4.88. The van der Waals surface area contributed by atoms with Gasteiger partial charge in [0, 0.05) is 12.3 Å². The van der Waals surface area contributed by atoms with Crippen molar-refractivity contribution in [3.8, 4) is 0 Å². The number of thioether (sulfide) groups is 1. The van der Waals surface area contributed by atoms with Crippen LogP contribution in [-0.4, -0.2) is 29.0 Å². The molecule has 0 unspecified atom stereocenters. The summed E-state index contributed by atoms with van der Waals surface area (Å²) in [6.07, 6.45) is -0.373. The van der Waals surface area contributed by atoms with Gasteiger partial charge in [-0.05, 0) is 32.9 Å². The number of carbonyl (C=O) groups excluding carboxylic acids is 1. The largest absolute Gasteiger partial charge is 0.444 e. The number of thiazole rings is 1. The number of nitrogens with one attached hydrogen (secondary N) is 1. The number of nitrogens with zero attached hydrogens (tertiary/aromatic N) is 1. The molecule has 1 aromatic carbocycles. The molecule has 108 valence electrons. The van der Waals surface area contributed by atoms with Crippen molar-refractivity contribution in [3.63, 3.8) is 0 Å². The van der Waals surface area contributed by atoms with Crippen LogP contribution in [-0.2, 0) is 4.74 Å². The molecule has 0 saturated heterocycles. The van der Waals surface area contributed by atoms with Crippen LogP contribution in [0.5, 0.6) is 0 Å². The molecule has 2 aromatic rings. The first kappa shape index (κ1) is 15.1. The SMILES string of the molecule is CC(C)(C)OC(=O)NCCSc1nc2ccccc2s1. The van der Waals surface area contributed by atoms with E-state index in [-0.39, 0.29) is 6.09 Å². The smallest absolute Gasteiger partial charge is 0.407 e. The molecule has 0 aliphatic heterocycles. The van der Waals surface area contributed by atoms with Gasteiger partial charge in [0.05, 0.1) is 10.2 Å². The first-order valence-corrected chi connectivity index (χ1v) is 8.19. The Hall–Kier alpha value is -1.27. The zero-order valence-electron chi connectivity index (χ0n) is 11.8. The number of aromatic nitrogens is 1. The molecule has 6 heteroatoms. The van der Waals surface area contributed by atoms with Crippen molar-refractivity contribution < 1.29 is 9.53 Å². The lowest BCUT2D eigenvalue weighted by molar-refractivity contribution is 0.0531. The third kappa shape index (κ3) is 4.68. The third-order valence-corrected chi connectivity index (χ3v) is 4.45. The van der Waals surface area contributed by atoms with Gasteiger partial charge in [-0.3, -0.25) is 0 Å². The number of para-hydroxylation sites is 1. The van der Waals surface area contributed by atoms with Gasteiger partial charge < -0.3 is 10.1 Å². The van der Waals surface area contributed by atoms with Crippen LogP contribution < -0.4 is 5.32 Å². The predicted molar refractivity (Wildman–Crippen MR) is 84.6 cm³/mol. The lowest BCUT2D eigenvalue weighted by atomic mass is 10.2. The first-order chi connectivity index (χ1) is 9.44. The highest BCUT2D eigenvalue weighted by molar-refractivity contribution is 8.01. The molecule has 20 heavy (non-hydrogen) atoms. The summed E-state index contributed by atoms with van der Waals surface area (Å²) in [6.45, 7) is 6.11. The molecule has 0 bridgehead atoms. The minimum atomic E-state index is -0.454. The molecule has 0 aliphatic carbocycles. The van der Waals surface area contributed by atoms with Crippen LogP contribution >= 0.6 is 23.1 Å². The van der Waals surface area contributed by atoms with Crippen molar-refractivity contribution in [1.82, 2.24) is 10.3 Å². The molecule has 1 heterocycles. The van der Waals surface area contributed by atoms with E-state index >= 15 is 0 Å². The molecule has 0 spiro atoms. The Balaban J connectivity index is 1.74. The van der Waals surface area contributed by atoms with Gasteiger partial charge in [0.2, 0.25) is 0 Å². The Morgan fingerprint density at radius 3 is 2.85 bits per heavy atom. The topological polar surface area (TPSA) is 51.2 Å². The molecular formula is C14H18N2O2S2. The second kappa shape index (κ2) is 6.45. The van der Waals surface area contributed by atoms with Crippen molar-refractivity contribution in [1.29, 1.82) is 0 Å². The molecule has 1 N–H and O–H groups in total. The van der Waals surface area contributed by atoms with E-state index < -0.39 is 5.60 Å². The quantitative estimate of drug-likeness (QED) is 0.687. The second-order valence-corrected chi connectivity index (χ2v) is 7.60. The van der Waals surface area contributed by atoms with Crippen molar-refractivity contribution >= 4 is 39.4 Å². The Labute approximate surface area is 126 Å². The van der Waals surface area contributed by atoms with E-state index in [9.17, 15) is 4.79 Å². The fraction of sp³-hybridized carbons (Fsp3) is 0.429. The van der Waals surface area contributed by atoms with Crippen LogP contribution in [0.2, 0.25) is 0 Å². The van der Waals surface area contributed by atoms with Gasteiger partial charge in [0.25, 0.3) is 0 Å². The summed E-state index contributed by atoms with van der Waals surface area (Å²) in [5, 5.41) is 2.74. The molecule has 0 atom stereocenters. The van der Waals surface area contributed by atoms with Crippen LogP contribution in [0.1, 0.15) is 20.8 Å². The molecule has 4 nitrogen and oxygen atoms in total. The number of carbonyl (C=O) groups is 1. The van der Waals surface area contributed by atoms with Crippen LogP contribution in [0, 0.1) is 0 Å². The molecule has 1 amide bonds. The minimum Gasteiger partial charge on any atom is -0.444 e. The average Bonchev–Trinajstić information content (AvgIpc) is 2.75. The van der Waals surface area contributed by atoms with Crippen molar-refractivity contribution in [2.45, 2.75) is 30.7 Å². The summed E-state index contributed by atoms with van der Waals surface area (Å²) in [5.74, 6) is 0.777. The van der Waals surface area contributed by atoms with Crippen molar-refractivity contribution in [2.75, 3.05) is 12.3 Å². The van der Waals surface area contributed by atoms with Crippen LogP contribution in [0.3, 0.4) is 0 Å². The van der Waals surface area contributed by atoms with E-state index in [1.165, 1.54) is 4.70 Å².